The Hall–Kier alpha value is -4.45. The quantitative estimate of drug-likeness (QED) is 0.0261. The van der Waals surface area contributed by atoms with Crippen molar-refractivity contribution in [2.45, 2.75) is 297 Å². The van der Waals surface area contributed by atoms with Crippen LogP contribution in [0.15, 0.2) is 134 Å². The molecule has 0 heterocycles. The van der Waals surface area contributed by atoms with E-state index >= 15 is 0 Å². The molecule has 1 atom stereocenters. The first-order chi connectivity index (χ1) is 39.0. The lowest BCUT2D eigenvalue weighted by atomic mass is 10.0. The summed E-state index contributed by atoms with van der Waals surface area (Å²) in [6.07, 6.45) is 93.3. The van der Waals surface area contributed by atoms with E-state index in [9.17, 15) is 14.4 Å². The Morgan fingerprint density at radius 3 is 0.810 bits per heavy atom. The van der Waals surface area contributed by atoms with Crippen molar-refractivity contribution in [3.05, 3.63) is 134 Å². The number of esters is 3. The lowest BCUT2D eigenvalue weighted by molar-refractivity contribution is -0.167. The fourth-order valence-corrected chi connectivity index (χ4v) is 8.84. The van der Waals surface area contributed by atoms with Crippen LogP contribution in [0.5, 0.6) is 0 Å². The molecule has 0 aromatic heterocycles. The van der Waals surface area contributed by atoms with Gasteiger partial charge in [0.05, 0.1) is 0 Å². The second-order valence-corrected chi connectivity index (χ2v) is 21.3. The zero-order valence-corrected chi connectivity index (χ0v) is 51.3. The van der Waals surface area contributed by atoms with Crippen LogP contribution in [0.2, 0.25) is 0 Å². The SMILES string of the molecule is CC/C=C\C/C=C\C/C=C\C/C=C\C/C=C\C/C=C\C/C=C\CCCC(=O)OC(COC(=O)CCCCCCCCCCCCC)COC(=O)CCCCCCCCCCCCCCCC/C=C\C/C=C\C/C=C\C/C=C\CC. The minimum absolute atomic E-state index is 0.102. The van der Waals surface area contributed by atoms with E-state index in [0.717, 1.165) is 116 Å². The monoisotopic (exact) mass is 1090 g/mol. The summed E-state index contributed by atoms with van der Waals surface area (Å²) in [4.78, 5) is 38.3. The fraction of sp³-hybridized carbons (Fsp3) is 0.658. The smallest absolute Gasteiger partial charge is 0.306 e. The topological polar surface area (TPSA) is 78.9 Å². The molecule has 0 radical (unpaired) electrons. The average Bonchev–Trinajstić information content (AvgIpc) is 3.45. The molecular formula is C73H120O6. The van der Waals surface area contributed by atoms with Crippen LogP contribution in [0.3, 0.4) is 0 Å². The second kappa shape index (κ2) is 66.1. The van der Waals surface area contributed by atoms with E-state index in [2.05, 4.69) is 154 Å². The molecule has 0 aromatic rings. The van der Waals surface area contributed by atoms with Crippen LogP contribution in [0.1, 0.15) is 290 Å². The van der Waals surface area contributed by atoms with Gasteiger partial charge in [-0.2, -0.15) is 0 Å². The van der Waals surface area contributed by atoms with E-state index in [1.807, 2.05) is 0 Å². The van der Waals surface area contributed by atoms with Crippen molar-refractivity contribution in [3.8, 4) is 0 Å². The van der Waals surface area contributed by atoms with Crippen LogP contribution >= 0.6 is 0 Å². The van der Waals surface area contributed by atoms with Crippen LogP contribution in [0.25, 0.3) is 0 Å². The van der Waals surface area contributed by atoms with Crippen molar-refractivity contribution in [1.29, 1.82) is 0 Å². The zero-order valence-electron chi connectivity index (χ0n) is 51.3. The molecule has 0 aromatic carbocycles. The molecule has 0 bridgehead atoms. The number of unbranched alkanes of at least 4 members (excludes halogenated alkanes) is 25. The van der Waals surface area contributed by atoms with Crippen LogP contribution < -0.4 is 0 Å². The number of allylic oxidation sites excluding steroid dienone is 22. The maximum atomic E-state index is 12.9. The molecule has 79 heavy (non-hydrogen) atoms. The summed E-state index contributed by atoms with van der Waals surface area (Å²) in [5.41, 5.74) is 0. The standard InChI is InChI=1S/C73H120O6/c1-4-7-10-13-16-19-22-24-26-28-30-32-34-35-36-37-39-40-42-44-46-48-51-54-57-60-63-66-72(75)78-69-70(68-77-71(74)65-62-59-56-53-50-21-18-15-12-9-6-3)79-73(76)67-64-61-58-55-52-49-47-45-43-41-38-33-31-29-27-25-23-20-17-14-11-8-5-2/h7-8,10-11,16-17,19-20,24-27,30-33,41,43,47,49,55,58,70H,4-6,9,12-15,18,21-23,28-29,34-40,42,44-46,48,50-54,56-57,59-69H2,1-3H3/b10-7-,11-8-,19-16-,20-17-,26-24-,27-25-,32-30-,33-31-,43-41-,49-47-,58-55-. The Morgan fingerprint density at radius 1 is 0.266 bits per heavy atom. The van der Waals surface area contributed by atoms with Crippen molar-refractivity contribution in [3.63, 3.8) is 0 Å². The highest BCUT2D eigenvalue weighted by atomic mass is 16.6. The van der Waals surface area contributed by atoms with Gasteiger partial charge in [-0.25, -0.2) is 0 Å². The number of carbonyl (C=O) groups excluding carboxylic acids is 3. The van der Waals surface area contributed by atoms with E-state index in [4.69, 9.17) is 14.2 Å². The first kappa shape index (κ1) is 74.5. The minimum Gasteiger partial charge on any atom is -0.462 e. The highest BCUT2D eigenvalue weighted by molar-refractivity contribution is 5.71. The van der Waals surface area contributed by atoms with Crippen molar-refractivity contribution in [1.82, 2.24) is 0 Å². The van der Waals surface area contributed by atoms with Gasteiger partial charge in [0.25, 0.3) is 0 Å². The molecule has 6 nitrogen and oxygen atoms in total. The van der Waals surface area contributed by atoms with E-state index in [1.165, 1.54) is 128 Å². The van der Waals surface area contributed by atoms with Gasteiger partial charge >= 0.3 is 17.9 Å². The number of hydrogen-bond donors (Lipinski definition) is 0. The van der Waals surface area contributed by atoms with Gasteiger partial charge in [0.15, 0.2) is 6.10 Å². The average molecular weight is 1090 g/mol. The third-order valence-electron chi connectivity index (χ3n) is 13.7. The van der Waals surface area contributed by atoms with E-state index in [0.29, 0.717) is 19.3 Å². The van der Waals surface area contributed by atoms with Crippen LogP contribution in [-0.2, 0) is 28.6 Å². The number of ether oxygens (including phenoxy) is 3. The van der Waals surface area contributed by atoms with Crippen molar-refractivity contribution in [2.75, 3.05) is 13.2 Å². The number of rotatable bonds is 58. The molecule has 0 aliphatic rings. The minimum atomic E-state index is -0.812. The first-order valence-corrected chi connectivity index (χ1v) is 32.7. The lowest BCUT2D eigenvalue weighted by Gasteiger charge is -2.18. The Bertz CT molecular complexity index is 1680. The fourth-order valence-electron chi connectivity index (χ4n) is 8.84. The lowest BCUT2D eigenvalue weighted by Crippen LogP contribution is -2.30. The predicted molar refractivity (Wildman–Crippen MR) is 343 cm³/mol. The van der Waals surface area contributed by atoms with Crippen molar-refractivity contribution in [2.24, 2.45) is 0 Å². The van der Waals surface area contributed by atoms with E-state index in [1.54, 1.807) is 0 Å². The molecule has 0 aliphatic carbocycles. The van der Waals surface area contributed by atoms with Crippen molar-refractivity contribution >= 4 is 17.9 Å². The zero-order chi connectivity index (χ0) is 57.1. The van der Waals surface area contributed by atoms with Gasteiger partial charge in [-0.1, -0.05) is 296 Å². The number of carbonyl (C=O) groups is 3. The molecule has 0 saturated heterocycles. The third kappa shape index (κ3) is 64.3. The summed E-state index contributed by atoms with van der Waals surface area (Å²) < 4.78 is 16.9. The molecule has 0 amide bonds. The van der Waals surface area contributed by atoms with Crippen LogP contribution in [0, 0.1) is 0 Å². The molecule has 0 aliphatic heterocycles. The Morgan fingerprint density at radius 2 is 0.506 bits per heavy atom. The number of hydrogen-bond acceptors (Lipinski definition) is 6. The second-order valence-electron chi connectivity index (χ2n) is 21.3. The molecule has 1 unspecified atom stereocenters. The Kier molecular flexibility index (Phi) is 62.3. The molecule has 448 valence electrons. The highest BCUT2D eigenvalue weighted by Crippen LogP contribution is 2.16. The van der Waals surface area contributed by atoms with Crippen molar-refractivity contribution < 1.29 is 28.6 Å². The normalized spacial score (nSPS) is 13.0. The Labute approximate surface area is 487 Å². The summed E-state index contributed by atoms with van der Waals surface area (Å²) in [6.45, 7) is 6.37. The molecular weight excluding hydrogens is 973 g/mol. The first-order valence-electron chi connectivity index (χ1n) is 32.7. The molecule has 0 fully saturated rings. The van der Waals surface area contributed by atoms with Gasteiger partial charge in [0.2, 0.25) is 0 Å². The van der Waals surface area contributed by atoms with Crippen LogP contribution in [0.4, 0.5) is 0 Å². The van der Waals surface area contributed by atoms with E-state index in [-0.39, 0.29) is 37.5 Å². The molecule has 0 rings (SSSR count). The van der Waals surface area contributed by atoms with Gasteiger partial charge in [-0.15, -0.1) is 0 Å². The largest absolute Gasteiger partial charge is 0.462 e. The van der Waals surface area contributed by atoms with Gasteiger partial charge in [-0.3, -0.25) is 14.4 Å². The maximum absolute atomic E-state index is 12.9. The summed E-state index contributed by atoms with van der Waals surface area (Å²) in [5.74, 6) is -0.959. The van der Waals surface area contributed by atoms with Gasteiger partial charge < -0.3 is 14.2 Å². The molecule has 0 saturated carbocycles. The molecule has 0 N–H and O–H groups in total. The summed E-state index contributed by atoms with van der Waals surface area (Å²) in [6, 6.07) is 0. The Balaban J connectivity index is 4.35. The van der Waals surface area contributed by atoms with Gasteiger partial charge in [0.1, 0.15) is 13.2 Å². The summed E-state index contributed by atoms with van der Waals surface area (Å²) in [7, 11) is 0. The highest BCUT2D eigenvalue weighted by Gasteiger charge is 2.19. The summed E-state index contributed by atoms with van der Waals surface area (Å²) >= 11 is 0. The van der Waals surface area contributed by atoms with Crippen LogP contribution in [-0.4, -0.2) is 37.2 Å². The molecule has 0 spiro atoms. The summed E-state index contributed by atoms with van der Waals surface area (Å²) in [5, 5.41) is 0. The predicted octanol–water partition coefficient (Wildman–Crippen LogP) is 22.5. The van der Waals surface area contributed by atoms with Gasteiger partial charge in [0, 0.05) is 19.3 Å². The maximum Gasteiger partial charge on any atom is 0.306 e. The van der Waals surface area contributed by atoms with E-state index < -0.39 is 6.10 Å². The third-order valence-corrected chi connectivity index (χ3v) is 13.7. The van der Waals surface area contributed by atoms with Gasteiger partial charge in [-0.05, 0) is 109 Å². The molecule has 6 heteroatoms.